The lowest BCUT2D eigenvalue weighted by molar-refractivity contribution is -0.144. The van der Waals surface area contributed by atoms with Gasteiger partial charge < -0.3 is 14.0 Å². The van der Waals surface area contributed by atoms with Gasteiger partial charge in [0, 0.05) is 18.7 Å². The molecule has 0 saturated carbocycles. The molecule has 1 aromatic rings. The topological polar surface area (TPSA) is 81.3 Å². The first-order valence-corrected chi connectivity index (χ1v) is 8.21. The monoisotopic (exact) mass is 330 g/mol. The van der Waals surface area contributed by atoms with Crippen LogP contribution in [0.1, 0.15) is 51.3 Å². The number of hydrogen-bond acceptors (Lipinski definition) is 5. The summed E-state index contributed by atoms with van der Waals surface area (Å²) in [7, 11) is 0. The number of esters is 2. The number of ether oxygens (including phenoxy) is 2. The van der Waals surface area contributed by atoms with Crippen LogP contribution in [0.25, 0.3) is 5.57 Å². The molecule has 0 aromatic carbocycles. The summed E-state index contributed by atoms with van der Waals surface area (Å²) in [5.74, 6) is -0.558. The Balaban J connectivity index is 2.20. The molecule has 128 valence electrons. The van der Waals surface area contributed by atoms with Crippen molar-refractivity contribution in [2.24, 2.45) is 0 Å². The van der Waals surface area contributed by atoms with Crippen molar-refractivity contribution in [2.45, 2.75) is 45.6 Å². The lowest BCUT2D eigenvalue weighted by Gasteiger charge is -2.28. The fourth-order valence-corrected chi connectivity index (χ4v) is 3.03. The minimum Gasteiger partial charge on any atom is -0.466 e. The SMILES string of the molecule is CCOC(=O)CCC1CC(CC(=O)OCC)=C(C#N)c2cccn21. The number of nitrogens with zero attached hydrogens (tertiary/aromatic N) is 2. The van der Waals surface area contributed by atoms with E-state index < -0.39 is 0 Å². The van der Waals surface area contributed by atoms with Crippen molar-refractivity contribution in [3.05, 3.63) is 29.6 Å². The van der Waals surface area contributed by atoms with Gasteiger partial charge in [-0.15, -0.1) is 0 Å². The van der Waals surface area contributed by atoms with Crippen LogP contribution in [-0.4, -0.2) is 29.7 Å². The number of aromatic nitrogens is 1. The molecule has 0 saturated heterocycles. The number of allylic oxidation sites excluding steroid dienone is 1. The molecule has 0 fully saturated rings. The van der Waals surface area contributed by atoms with E-state index in [1.165, 1.54) is 0 Å². The van der Waals surface area contributed by atoms with Gasteiger partial charge in [0.25, 0.3) is 0 Å². The number of rotatable bonds is 7. The predicted octanol–water partition coefficient (Wildman–Crippen LogP) is 3.01. The molecule has 1 aliphatic rings. The average Bonchev–Trinajstić information content (AvgIpc) is 3.02. The summed E-state index contributed by atoms with van der Waals surface area (Å²) in [5.41, 5.74) is 2.09. The standard InChI is InChI=1S/C18H22N2O4/c1-3-23-17(21)8-7-14-10-13(11-18(22)24-4-2)15(12-19)16-6-5-9-20(14)16/h5-6,9,14H,3-4,7-8,10-11H2,1-2H3. The van der Waals surface area contributed by atoms with E-state index in [1.807, 2.05) is 22.9 Å². The number of nitriles is 1. The van der Waals surface area contributed by atoms with Gasteiger partial charge in [-0.1, -0.05) is 0 Å². The zero-order valence-electron chi connectivity index (χ0n) is 14.1. The van der Waals surface area contributed by atoms with Crippen LogP contribution < -0.4 is 0 Å². The zero-order chi connectivity index (χ0) is 17.5. The highest BCUT2D eigenvalue weighted by Crippen LogP contribution is 2.37. The van der Waals surface area contributed by atoms with Crippen molar-refractivity contribution in [2.75, 3.05) is 13.2 Å². The van der Waals surface area contributed by atoms with Crippen LogP contribution in [0.4, 0.5) is 0 Å². The third-order valence-electron chi connectivity index (χ3n) is 4.03. The number of carbonyl (C=O) groups is 2. The van der Waals surface area contributed by atoms with Gasteiger partial charge in [0.05, 0.1) is 30.9 Å². The molecule has 2 rings (SSSR count). The highest BCUT2D eigenvalue weighted by molar-refractivity contribution is 5.84. The second-order valence-electron chi connectivity index (χ2n) is 5.57. The summed E-state index contributed by atoms with van der Waals surface area (Å²) >= 11 is 0. The fraction of sp³-hybridized carbons (Fsp3) is 0.500. The normalized spacial score (nSPS) is 16.3. The summed E-state index contributed by atoms with van der Waals surface area (Å²) in [6.45, 7) is 4.22. The molecule has 6 heteroatoms. The second kappa shape index (κ2) is 8.34. The molecule has 1 aliphatic heterocycles. The first-order valence-electron chi connectivity index (χ1n) is 8.21. The molecule has 0 aliphatic carbocycles. The Kier molecular flexibility index (Phi) is 6.19. The van der Waals surface area contributed by atoms with Gasteiger partial charge in [-0.05, 0) is 44.4 Å². The van der Waals surface area contributed by atoms with Gasteiger partial charge in [-0.2, -0.15) is 5.26 Å². The minimum absolute atomic E-state index is 0.0286. The van der Waals surface area contributed by atoms with Crippen LogP contribution in [0.15, 0.2) is 23.9 Å². The molecular formula is C18H22N2O4. The summed E-state index contributed by atoms with van der Waals surface area (Å²) in [4.78, 5) is 23.5. The van der Waals surface area contributed by atoms with Crippen molar-refractivity contribution < 1.29 is 19.1 Å². The Hall–Kier alpha value is -2.55. The van der Waals surface area contributed by atoms with E-state index in [9.17, 15) is 14.9 Å². The molecule has 0 spiro atoms. The van der Waals surface area contributed by atoms with Crippen LogP contribution in [-0.2, 0) is 19.1 Å². The van der Waals surface area contributed by atoms with Gasteiger partial charge in [0.1, 0.15) is 6.07 Å². The van der Waals surface area contributed by atoms with E-state index in [4.69, 9.17) is 9.47 Å². The van der Waals surface area contributed by atoms with Crippen molar-refractivity contribution in [3.63, 3.8) is 0 Å². The van der Waals surface area contributed by atoms with Crippen molar-refractivity contribution >= 4 is 17.5 Å². The molecule has 0 amide bonds. The lowest BCUT2D eigenvalue weighted by Crippen LogP contribution is -2.20. The van der Waals surface area contributed by atoms with E-state index in [2.05, 4.69) is 6.07 Å². The Morgan fingerprint density at radius 3 is 2.67 bits per heavy atom. The highest BCUT2D eigenvalue weighted by atomic mass is 16.5. The third-order valence-corrected chi connectivity index (χ3v) is 4.03. The van der Waals surface area contributed by atoms with Crippen molar-refractivity contribution in [3.8, 4) is 6.07 Å². The van der Waals surface area contributed by atoms with Crippen LogP contribution in [0.3, 0.4) is 0 Å². The molecule has 2 heterocycles. The Morgan fingerprint density at radius 2 is 2.00 bits per heavy atom. The molecule has 1 aromatic heterocycles. The fourth-order valence-electron chi connectivity index (χ4n) is 3.03. The smallest absolute Gasteiger partial charge is 0.309 e. The molecule has 1 unspecified atom stereocenters. The first kappa shape index (κ1) is 17.8. The molecule has 0 bridgehead atoms. The van der Waals surface area contributed by atoms with Crippen molar-refractivity contribution in [1.82, 2.24) is 4.57 Å². The summed E-state index contributed by atoms with van der Waals surface area (Å²) in [5, 5.41) is 9.50. The van der Waals surface area contributed by atoms with Crippen LogP contribution in [0.5, 0.6) is 0 Å². The molecule has 0 N–H and O–H groups in total. The maximum atomic E-state index is 11.8. The maximum Gasteiger partial charge on any atom is 0.309 e. The van der Waals surface area contributed by atoms with Crippen LogP contribution in [0, 0.1) is 11.3 Å². The van der Waals surface area contributed by atoms with Crippen LogP contribution >= 0.6 is 0 Å². The largest absolute Gasteiger partial charge is 0.466 e. The molecule has 24 heavy (non-hydrogen) atoms. The Bertz CT molecular complexity index is 681. The quantitative estimate of drug-likeness (QED) is 0.718. The Morgan fingerprint density at radius 1 is 1.29 bits per heavy atom. The summed E-state index contributed by atoms with van der Waals surface area (Å²) in [6.07, 6.45) is 3.49. The maximum absolute atomic E-state index is 11.8. The highest BCUT2D eigenvalue weighted by Gasteiger charge is 2.27. The summed E-state index contributed by atoms with van der Waals surface area (Å²) < 4.78 is 12.0. The van der Waals surface area contributed by atoms with Gasteiger partial charge in [0.2, 0.25) is 0 Å². The van der Waals surface area contributed by atoms with E-state index in [0.29, 0.717) is 38.0 Å². The number of fused-ring (bicyclic) bond motifs is 1. The van der Waals surface area contributed by atoms with Crippen molar-refractivity contribution in [1.29, 1.82) is 5.26 Å². The second-order valence-corrected chi connectivity index (χ2v) is 5.57. The third kappa shape index (κ3) is 4.05. The van der Waals surface area contributed by atoms with Gasteiger partial charge >= 0.3 is 11.9 Å². The van der Waals surface area contributed by atoms with Crippen LogP contribution in [0.2, 0.25) is 0 Å². The first-order chi connectivity index (χ1) is 11.6. The molecule has 0 radical (unpaired) electrons. The molecule has 1 atom stereocenters. The lowest BCUT2D eigenvalue weighted by atomic mass is 9.90. The van der Waals surface area contributed by atoms with Gasteiger partial charge in [-0.3, -0.25) is 9.59 Å². The number of carbonyl (C=O) groups excluding carboxylic acids is 2. The molecular weight excluding hydrogens is 308 g/mol. The number of hydrogen-bond donors (Lipinski definition) is 0. The van der Waals surface area contributed by atoms with Gasteiger partial charge in [0.15, 0.2) is 0 Å². The minimum atomic E-state index is -0.329. The predicted molar refractivity (Wildman–Crippen MR) is 87.7 cm³/mol. The van der Waals surface area contributed by atoms with E-state index >= 15 is 0 Å². The molecule has 6 nitrogen and oxygen atoms in total. The average molecular weight is 330 g/mol. The van der Waals surface area contributed by atoms with Gasteiger partial charge in [-0.25, -0.2) is 0 Å². The summed E-state index contributed by atoms with van der Waals surface area (Å²) in [6, 6.07) is 5.97. The van der Waals surface area contributed by atoms with E-state index in [1.54, 1.807) is 13.8 Å². The Labute approximate surface area is 141 Å². The van der Waals surface area contributed by atoms with E-state index in [-0.39, 0.29) is 24.4 Å². The van der Waals surface area contributed by atoms with E-state index in [0.717, 1.165) is 11.3 Å². The zero-order valence-corrected chi connectivity index (χ0v) is 14.1.